The van der Waals surface area contributed by atoms with E-state index in [1.54, 1.807) is 24.3 Å². The van der Waals surface area contributed by atoms with Gasteiger partial charge in [-0.15, -0.1) is 0 Å². The maximum absolute atomic E-state index is 11.4. The Bertz CT molecular complexity index is 385. The van der Waals surface area contributed by atoms with Gasteiger partial charge < -0.3 is 9.47 Å². The molecule has 0 radical (unpaired) electrons. The summed E-state index contributed by atoms with van der Waals surface area (Å²) in [6.45, 7) is 1.24. The Morgan fingerprint density at radius 2 is 1.81 bits per heavy atom. The number of esters is 2. The van der Waals surface area contributed by atoms with Crippen molar-refractivity contribution in [3.8, 4) is 0 Å². The number of ether oxygens (including phenoxy) is 2. The molecule has 0 heterocycles. The van der Waals surface area contributed by atoms with Crippen LogP contribution in [-0.2, 0) is 19.1 Å². The Morgan fingerprint density at radius 3 is 2.25 bits per heavy atom. The predicted molar refractivity (Wildman–Crippen MR) is 60.7 cm³/mol. The van der Waals surface area contributed by atoms with Crippen LogP contribution >= 0.6 is 15.9 Å². The molecule has 0 aliphatic rings. The van der Waals surface area contributed by atoms with Gasteiger partial charge in [0.2, 0.25) is 6.10 Å². The first kappa shape index (κ1) is 12.7. The third kappa shape index (κ3) is 3.34. The summed E-state index contributed by atoms with van der Waals surface area (Å²) in [6, 6.07) is 6.90. The van der Waals surface area contributed by atoms with E-state index in [1.165, 1.54) is 14.0 Å². The summed E-state index contributed by atoms with van der Waals surface area (Å²) in [7, 11) is 1.25. The second kappa shape index (κ2) is 5.65. The first-order chi connectivity index (χ1) is 7.54. The van der Waals surface area contributed by atoms with Crippen molar-refractivity contribution in [3.63, 3.8) is 0 Å². The summed E-state index contributed by atoms with van der Waals surface area (Å²) >= 11 is 3.28. The number of hydrogen-bond donors (Lipinski definition) is 0. The molecule has 0 aromatic heterocycles. The van der Waals surface area contributed by atoms with Crippen molar-refractivity contribution >= 4 is 27.9 Å². The highest BCUT2D eigenvalue weighted by molar-refractivity contribution is 9.10. The molecule has 0 N–H and O–H groups in total. The van der Waals surface area contributed by atoms with Gasteiger partial charge in [0.15, 0.2) is 0 Å². The molecule has 1 aromatic carbocycles. The lowest BCUT2D eigenvalue weighted by Gasteiger charge is -2.14. The van der Waals surface area contributed by atoms with Crippen LogP contribution < -0.4 is 0 Å². The van der Waals surface area contributed by atoms with Crippen LogP contribution in [0.15, 0.2) is 28.7 Å². The highest BCUT2D eigenvalue weighted by atomic mass is 79.9. The largest absolute Gasteiger partial charge is 0.466 e. The maximum Gasteiger partial charge on any atom is 0.351 e. The Kier molecular flexibility index (Phi) is 4.49. The number of carbonyl (C=O) groups is 2. The first-order valence-corrected chi connectivity index (χ1v) is 5.34. The minimum Gasteiger partial charge on any atom is -0.466 e. The zero-order valence-corrected chi connectivity index (χ0v) is 10.5. The molecule has 0 spiro atoms. The number of carbonyl (C=O) groups excluding carboxylic acids is 2. The molecule has 0 fully saturated rings. The van der Waals surface area contributed by atoms with Gasteiger partial charge in [-0.05, 0) is 12.1 Å². The van der Waals surface area contributed by atoms with Crippen molar-refractivity contribution in [2.75, 3.05) is 7.11 Å². The summed E-state index contributed by atoms with van der Waals surface area (Å²) in [6.07, 6.45) is -1.00. The van der Waals surface area contributed by atoms with E-state index in [9.17, 15) is 9.59 Å². The van der Waals surface area contributed by atoms with E-state index in [4.69, 9.17) is 4.74 Å². The molecule has 86 valence electrons. The summed E-state index contributed by atoms with van der Waals surface area (Å²) in [5, 5.41) is 0. The molecule has 16 heavy (non-hydrogen) atoms. The van der Waals surface area contributed by atoms with Gasteiger partial charge >= 0.3 is 11.9 Å². The van der Waals surface area contributed by atoms with Crippen molar-refractivity contribution in [1.29, 1.82) is 0 Å². The fourth-order valence-corrected chi connectivity index (χ4v) is 1.43. The van der Waals surface area contributed by atoms with Crippen LogP contribution in [0, 0.1) is 0 Å². The minimum atomic E-state index is -1.00. The van der Waals surface area contributed by atoms with E-state index in [2.05, 4.69) is 20.7 Å². The normalized spacial score (nSPS) is 11.7. The van der Waals surface area contributed by atoms with Gasteiger partial charge in [-0.3, -0.25) is 4.79 Å². The van der Waals surface area contributed by atoms with Crippen LogP contribution in [0.1, 0.15) is 18.6 Å². The fourth-order valence-electron chi connectivity index (χ4n) is 1.16. The quantitative estimate of drug-likeness (QED) is 0.800. The van der Waals surface area contributed by atoms with Crippen molar-refractivity contribution in [3.05, 3.63) is 34.3 Å². The standard InChI is InChI=1S/C11H11BrO4/c1-7(13)16-10(11(14)15-2)8-3-5-9(12)6-4-8/h3-6,10H,1-2H3. The summed E-state index contributed by atoms with van der Waals surface area (Å²) in [5.74, 6) is -1.13. The summed E-state index contributed by atoms with van der Waals surface area (Å²) in [5.41, 5.74) is 0.574. The van der Waals surface area contributed by atoms with Crippen LogP contribution in [0.4, 0.5) is 0 Å². The zero-order chi connectivity index (χ0) is 12.1. The molecular formula is C11H11BrO4. The van der Waals surface area contributed by atoms with Crippen molar-refractivity contribution in [2.45, 2.75) is 13.0 Å². The fraction of sp³-hybridized carbons (Fsp3) is 0.273. The Hall–Kier alpha value is -1.36. The van der Waals surface area contributed by atoms with Crippen molar-refractivity contribution in [1.82, 2.24) is 0 Å². The second-order valence-corrected chi connectivity index (χ2v) is 3.98. The van der Waals surface area contributed by atoms with E-state index in [-0.39, 0.29) is 0 Å². The molecule has 1 atom stereocenters. The van der Waals surface area contributed by atoms with Gasteiger partial charge in [0.1, 0.15) is 0 Å². The van der Waals surface area contributed by atoms with Gasteiger partial charge in [-0.1, -0.05) is 28.1 Å². The molecule has 0 amide bonds. The average Bonchev–Trinajstić information content (AvgIpc) is 2.26. The predicted octanol–water partition coefficient (Wildman–Crippen LogP) is 2.23. The molecule has 1 rings (SSSR count). The molecule has 0 saturated heterocycles. The van der Waals surface area contributed by atoms with Crippen LogP contribution in [-0.4, -0.2) is 19.0 Å². The molecule has 0 aliphatic carbocycles. The molecule has 0 bridgehead atoms. The number of halogens is 1. The Balaban J connectivity index is 2.96. The SMILES string of the molecule is COC(=O)C(OC(C)=O)c1ccc(Br)cc1. The average molecular weight is 287 g/mol. The second-order valence-electron chi connectivity index (χ2n) is 3.06. The highest BCUT2D eigenvalue weighted by Crippen LogP contribution is 2.21. The Labute approximate surface area is 102 Å². The van der Waals surface area contributed by atoms with Crippen molar-refractivity contribution in [2.24, 2.45) is 0 Å². The van der Waals surface area contributed by atoms with Crippen LogP contribution in [0.3, 0.4) is 0 Å². The topological polar surface area (TPSA) is 52.6 Å². The van der Waals surface area contributed by atoms with Gasteiger partial charge in [0, 0.05) is 17.0 Å². The smallest absolute Gasteiger partial charge is 0.351 e. The molecule has 4 nitrogen and oxygen atoms in total. The van der Waals surface area contributed by atoms with Crippen molar-refractivity contribution < 1.29 is 19.1 Å². The molecule has 5 heteroatoms. The zero-order valence-electron chi connectivity index (χ0n) is 8.90. The van der Waals surface area contributed by atoms with E-state index < -0.39 is 18.0 Å². The lowest BCUT2D eigenvalue weighted by molar-refractivity contribution is -0.165. The lowest BCUT2D eigenvalue weighted by Crippen LogP contribution is -2.19. The third-order valence-corrected chi connectivity index (χ3v) is 2.40. The molecule has 1 unspecified atom stereocenters. The van der Waals surface area contributed by atoms with Crippen LogP contribution in [0.2, 0.25) is 0 Å². The monoisotopic (exact) mass is 286 g/mol. The van der Waals surface area contributed by atoms with Crippen LogP contribution in [0.5, 0.6) is 0 Å². The summed E-state index contributed by atoms with van der Waals surface area (Å²) in [4.78, 5) is 22.3. The minimum absolute atomic E-state index is 0.529. The molecular weight excluding hydrogens is 276 g/mol. The van der Waals surface area contributed by atoms with E-state index in [0.29, 0.717) is 5.56 Å². The van der Waals surface area contributed by atoms with E-state index in [1.807, 2.05) is 0 Å². The number of benzene rings is 1. The van der Waals surface area contributed by atoms with Gasteiger partial charge in [0.05, 0.1) is 7.11 Å². The van der Waals surface area contributed by atoms with Crippen LogP contribution in [0.25, 0.3) is 0 Å². The lowest BCUT2D eigenvalue weighted by atomic mass is 10.1. The highest BCUT2D eigenvalue weighted by Gasteiger charge is 2.24. The molecule has 1 aromatic rings. The molecule has 0 aliphatic heterocycles. The first-order valence-electron chi connectivity index (χ1n) is 4.55. The summed E-state index contributed by atoms with van der Waals surface area (Å²) < 4.78 is 10.3. The number of rotatable bonds is 3. The Morgan fingerprint density at radius 1 is 1.25 bits per heavy atom. The number of hydrogen-bond acceptors (Lipinski definition) is 4. The third-order valence-electron chi connectivity index (χ3n) is 1.87. The maximum atomic E-state index is 11.4. The molecule has 0 saturated carbocycles. The number of methoxy groups -OCH3 is 1. The van der Waals surface area contributed by atoms with Gasteiger partial charge in [0.25, 0.3) is 0 Å². The van der Waals surface area contributed by atoms with E-state index in [0.717, 1.165) is 4.47 Å². The van der Waals surface area contributed by atoms with Gasteiger partial charge in [-0.2, -0.15) is 0 Å². The van der Waals surface area contributed by atoms with E-state index >= 15 is 0 Å². The van der Waals surface area contributed by atoms with Gasteiger partial charge in [-0.25, -0.2) is 4.79 Å².